The van der Waals surface area contributed by atoms with Crippen molar-refractivity contribution in [2.24, 2.45) is 0 Å². The highest BCUT2D eigenvalue weighted by Gasteiger charge is 2.13. The molecular weight excluding hydrogens is 1200 g/mol. The van der Waals surface area contributed by atoms with E-state index in [2.05, 4.69) is 312 Å². The lowest BCUT2D eigenvalue weighted by molar-refractivity contribution is 1.47. The average molecular weight is 1320 g/mol. The number of hydrogen-bond donors (Lipinski definition) is 0. The lowest BCUT2D eigenvalue weighted by Gasteiger charge is -2.14. The quantitative estimate of drug-likeness (QED) is 0.105. The molecule has 0 heteroatoms. The molecule has 0 atom stereocenters. The van der Waals surface area contributed by atoms with Crippen LogP contribution in [0.25, 0.3) is 129 Å². The Morgan fingerprint density at radius 1 is 0.140 bits per heavy atom. The molecule has 0 heterocycles. The second kappa shape index (κ2) is 39.8. The molecule has 0 spiro atoms. The van der Waals surface area contributed by atoms with Gasteiger partial charge < -0.3 is 0 Å². The second-order valence-electron chi connectivity index (χ2n) is 23.7. The standard InChI is InChI=1S/2C18H14.3C16H14.8C2H6/c1-11-9-13-5-4-8-16-12(2)10-14-6-3-7-15(11)17(14)18(13)16;1-11-3-5-13-8-10-16-12(2)4-6-14-7-9-15(11)17(13)18(14)16;1-11-6-5-9-15-12(2)14-8-4-3-7-13(14)10-16(11)15;1-11-7-8-12(2)16-10-14-6-4-3-5-13(14)9-15(11)16;1-11-7-8-13-10-12(2)14-5-3-4-6-15(14)16(13)9-11;8*1-2/h2*3-10H,1-2H3;3*3-10H,1-2H3;8*1-2H3. The molecule has 0 bridgehead atoms. The van der Waals surface area contributed by atoms with Gasteiger partial charge in [-0.05, 0) is 267 Å². The van der Waals surface area contributed by atoms with Crippen molar-refractivity contribution in [2.45, 2.75) is 180 Å². The van der Waals surface area contributed by atoms with Gasteiger partial charge in [-0.1, -0.05) is 341 Å². The highest BCUT2D eigenvalue weighted by Crippen LogP contribution is 2.40. The van der Waals surface area contributed by atoms with Gasteiger partial charge in [0, 0.05) is 0 Å². The summed E-state index contributed by atoms with van der Waals surface area (Å²) in [6.07, 6.45) is 0. The van der Waals surface area contributed by atoms with Gasteiger partial charge in [0.05, 0.1) is 0 Å². The van der Waals surface area contributed by atoms with Crippen molar-refractivity contribution in [1.29, 1.82) is 0 Å². The monoisotopic (exact) mass is 1320 g/mol. The minimum Gasteiger partial charge on any atom is -0.0683 e. The summed E-state index contributed by atoms with van der Waals surface area (Å²) in [7, 11) is 0. The second-order valence-corrected chi connectivity index (χ2v) is 23.7. The summed E-state index contributed by atoms with van der Waals surface area (Å²) in [6, 6.07) is 88.3. The SMILES string of the molecule is CC.CC.CC.CC.CC.CC.CC.CC.Cc1cc2cccc3c(C)cc4cccc1c4c23.Cc1ccc(C)c2cc3ccccc3cc12.Cc1ccc2cc(C)c3ccccc3c2c1.Cc1ccc2ccc3c(C)ccc4ccc1c2c43.Cc1cccc2c(C)c3ccccc3cc12. The molecule has 100 heavy (non-hydrogen) atoms. The normalized spacial score (nSPS) is 10.1. The van der Waals surface area contributed by atoms with Crippen LogP contribution in [0.3, 0.4) is 0 Å². The summed E-state index contributed by atoms with van der Waals surface area (Å²) < 4.78 is 0. The maximum atomic E-state index is 2.31. The van der Waals surface area contributed by atoms with Crippen molar-refractivity contribution in [3.05, 3.63) is 298 Å². The number of hydrogen-bond acceptors (Lipinski definition) is 0. The van der Waals surface area contributed by atoms with Gasteiger partial charge in [-0.2, -0.15) is 0 Å². The van der Waals surface area contributed by atoms with Crippen LogP contribution in [0.1, 0.15) is 166 Å². The van der Waals surface area contributed by atoms with Gasteiger partial charge >= 0.3 is 0 Å². The maximum absolute atomic E-state index is 2.31. The molecule has 0 N–H and O–H groups in total. The molecule has 0 fully saturated rings. The number of aryl methyl sites for hydroxylation is 10. The van der Waals surface area contributed by atoms with E-state index in [0.717, 1.165) is 0 Å². The highest BCUT2D eigenvalue weighted by molar-refractivity contribution is 6.25. The Morgan fingerprint density at radius 3 is 0.900 bits per heavy atom. The minimum atomic E-state index is 1.32. The topological polar surface area (TPSA) is 0 Å². The summed E-state index contributed by atoms with van der Waals surface area (Å²) in [5.41, 5.74) is 13.6. The first-order valence-electron chi connectivity index (χ1n) is 37.7. The Morgan fingerprint density at radius 2 is 0.420 bits per heavy atom. The van der Waals surface area contributed by atoms with Crippen LogP contribution in [0.5, 0.6) is 0 Å². The van der Waals surface area contributed by atoms with E-state index in [1.165, 1.54) is 185 Å². The van der Waals surface area contributed by atoms with E-state index < -0.39 is 0 Å². The molecule has 0 aliphatic carbocycles. The molecule has 17 aromatic carbocycles. The van der Waals surface area contributed by atoms with Gasteiger partial charge in [-0.15, -0.1) is 0 Å². The molecule has 0 aromatic heterocycles. The number of benzene rings is 17. The van der Waals surface area contributed by atoms with Gasteiger partial charge in [0.1, 0.15) is 0 Å². The summed E-state index contributed by atoms with van der Waals surface area (Å²) in [4.78, 5) is 0. The zero-order valence-corrected chi connectivity index (χ0v) is 66.1. The van der Waals surface area contributed by atoms with Crippen molar-refractivity contribution in [3.8, 4) is 0 Å². The molecule has 0 aliphatic heterocycles. The van der Waals surface area contributed by atoms with Crippen LogP contribution < -0.4 is 0 Å². The van der Waals surface area contributed by atoms with Crippen LogP contribution in [0.15, 0.2) is 243 Å². The third-order valence-corrected chi connectivity index (χ3v) is 18.1. The van der Waals surface area contributed by atoms with Gasteiger partial charge in [0.2, 0.25) is 0 Å². The Bertz CT molecular complexity index is 5110. The van der Waals surface area contributed by atoms with Gasteiger partial charge in [-0.3, -0.25) is 0 Å². The smallest absolute Gasteiger partial charge is 0.00239 e. The van der Waals surface area contributed by atoms with E-state index in [9.17, 15) is 0 Å². The first kappa shape index (κ1) is 81.1. The summed E-state index contributed by atoms with van der Waals surface area (Å²) in [5, 5.41) is 32.9. The van der Waals surface area contributed by atoms with E-state index in [0.29, 0.717) is 0 Å². The Kier molecular flexibility index (Phi) is 32.3. The largest absolute Gasteiger partial charge is 0.0683 e. The molecule has 17 aromatic rings. The van der Waals surface area contributed by atoms with E-state index in [1.807, 2.05) is 111 Å². The maximum Gasteiger partial charge on any atom is -0.00239 e. The van der Waals surface area contributed by atoms with E-state index in [4.69, 9.17) is 0 Å². The number of fused-ring (bicyclic) bond motifs is 7. The minimum absolute atomic E-state index is 1.32. The fraction of sp³-hybridized carbons (Fsp3) is 0.260. The molecule has 17 rings (SSSR count). The Balaban J connectivity index is 0.000000214. The van der Waals surface area contributed by atoms with Crippen LogP contribution >= 0.6 is 0 Å². The first-order chi connectivity index (χ1) is 48.8. The molecule has 0 nitrogen and oxygen atoms in total. The third kappa shape index (κ3) is 17.7. The molecule has 0 saturated carbocycles. The van der Waals surface area contributed by atoms with Crippen LogP contribution in [0.2, 0.25) is 0 Å². The van der Waals surface area contributed by atoms with Crippen molar-refractivity contribution in [2.75, 3.05) is 0 Å². The average Bonchev–Trinajstić information content (AvgIpc) is 0.745. The van der Waals surface area contributed by atoms with Gasteiger partial charge in [0.25, 0.3) is 0 Å². The van der Waals surface area contributed by atoms with Gasteiger partial charge in [0.15, 0.2) is 0 Å². The zero-order valence-electron chi connectivity index (χ0n) is 66.1. The summed E-state index contributed by atoms with van der Waals surface area (Å²) >= 11 is 0. The van der Waals surface area contributed by atoms with E-state index in [-0.39, 0.29) is 0 Å². The number of rotatable bonds is 0. The molecule has 0 unspecified atom stereocenters. The fourth-order valence-corrected chi connectivity index (χ4v) is 13.5. The van der Waals surface area contributed by atoms with Crippen LogP contribution in [0.4, 0.5) is 0 Å². The summed E-state index contributed by atoms with van der Waals surface area (Å²) in [5.74, 6) is 0. The van der Waals surface area contributed by atoms with Crippen LogP contribution in [-0.4, -0.2) is 0 Å². The van der Waals surface area contributed by atoms with Crippen LogP contribution in [-0.2, 0) is 0 Å². The first-order valence-corrected chi connectivity index (χ1v) is 37.7. The summed E-state index contributed by atoms with van der Waals surface area (Å²) in [6.45, 7) is 53.9. The lowest BCUT2D eigenvalue weighted by Crippen LogP contribution is -1.88. The van der Waals surface area contributed by atoms with Crippen molar-refractivity contribution < 1.29 is 0 Å². The van der Waals surface area contributed by atoms with Gasteiger partial charge in [-0.25, -0.2) is 0 Å². The van der Waals surface area contributed by atoms with E-state index in [1.54, 1.807) is 0 Å². The van der Waals surface area contributed by atoms with Crippen molar-refractivity contribution in [1.82, 2.24) is 0 Å². The van der Waals surface area contributed by atoms with Crippen LogP contribution in [0, 0.1) is 69.2 Å². The molecular formula is C100H118. The Hall–Kier alpha value is -9.62. The lowest BCUT2D eigenvalue weighted by atomic mass is 9.90. The fourth-order valence-electron chi connectivity index (χ4n) is 13.5. The highest BCUT2D eigenvalue weighted by atomic mass is 14.2. The van der Waals surface area contributed by atoms with Crippen molar-refractivity contribution >= 4 is 129 Å². The molecule has 0 radical (unpaired) electrons. The Labute approximate surface area is 603 Å². The predicted molar refractivity (Wildman–Crippen MR) is 463 cm³/mol. The van der Waals surface area contributed by atoms with Crippen molar-refractivity contribution in [3.63, 3.8) is 0 Å². The molecule has 0 aliphatic rings. The third-order valence-electron chi connectivity index (χ3n) is 18.1. The predicted octanol–water partition coefficient (Wildman–Crippen LogP) is 32.4. The molecule has 0 amide bonds. The molecule has 518 valence electrons. The molecule has 0 saturated heterocycles. The van der Waals surface area contributed by atoms with E-state index >= 15 is 0 Å². The zero-order chi connectivity index (χ0) is 73.9.